The molecule has 1 saturated heterocycles. The van der Waals surface area contributed by atoms with Gasteiger partial charge in [0.1, 0.15) is 18.2 Å². The number of nitrogens with zero attached hydrogens (tertiary/aromatic N) is 1. The van der Waals surface area contributed by atoms with Crippen molar-refractivity contribution in [3.8, 4) is 5.75 Å². The van der Waals surface area contributed by atoms with Gasteiger partial charge in [-0.05, 0) is 26.0 Å². The summed E-state index contributed by atoms with van der Waals surface area (Å²) in [5, 5.41) is 2.79. The van der Waals surface area contributed by atoms with E-state index < -0.39 is 0 Å². The Hall–Kier alpha value is -1.82. The lowest BCUT2D eigenvalue weighted by Gasteiger charge is -2.38. The standard InChI is InChI=1S/C15H21FN2O3/c1-15(2)11-18(7-9-21-15)14(19)17-6-8-20-13-5-3-4-12(16)10-13/h3-5,10H,6-9,11H2,1-2H3,(H,17,19). The van der Waals surface area contributed by atoms with Crippen LogP contribution in [0.1, 0.15) is 13.8 Å². The van der Waals surface area contributed by atoms with Crippen molar-refractivity contribution in [1.29, 1.82) is 0 Å². The number of carbonyl (C=O) groups is 1. The summed E-state index contributed by atoms with van der Waals surface area (Å²) in [7, 11) is 0. The zero-order chi connectivity index (χ0) is 15.3. The van der Waals surface area contributed by atoms with Crippen molar-refractivity contribution in [1.82, 2.24) is 10.2 Å². The maximum absolute atomic E-state index is 13.0. The minimum atomic E-state index is -0.341. The number of amides is 2. The van der Waals surface area contributed by atoms with E-state index in [2.05, 4.69) is 5.32 Å². The molecule has 1 aliphatic rings. The van der Waals surface area contributed by atoms with Gasteiger partial charge in [-0.3, -0.25) is 0 Å². The molecule has 1 N–H and O–H groups in total. The molecule has 1 aliphatic heterocycles. The summed E-state index contributed by atoms with van der Waals surface area (Å²) >= 11 is 0. The van der Waals surface area contributed by atoms with Crippen LogP contribution in [0.5, 0.6) is 5.75 Å². The molecule has 1 heterocycles. The number of nitrogens with one attached hydrogen (secondary N) is 1. The molecule has 1 aromatic rings. The molecule has 0 aromatic heterocycles. The first-order chi connectivity index (χ1) is 9.96. The molecule has 6 heteroatoms. The lowest BCUT2D eigenvalue weighted by molar-refractivity contribution is -0.0733. The number of halogens is 1. The first-order valence-corrected chi connectivity index (χ1v) is 7.01. The molecule has 0 unspecified atom stereocenters. The van der Waals surface area contributed by atoms with Crippen LogP contribution in [0, 0.1) is 5.82 Å². The van der Waals surface area contributed by atoms with Gasteiger partial charge in [0.05, 0.1) is 25.3 Å². The van der Waals surface area contributed by atoms with Crippen molar-refractivity contribution in [3.63, 3.8) is 0 Å². The Labute approximate surface area is 124 Å². The number of benzene rings is 1. The van der Waals surface area contributed by atoms with Gasteiger partial charge < -0.3 is 19.7 Å². The van der Waals surface area contributed by atoms with Gasteiger partial charge in [0.25, 0.3) is 0 Å². The second-order valence-corrected chi connectivity index (χ2v) is 5.57. The average molecular weight is 296 g/mol. The monoisotopic (exact) mass is 296 g/mol. The zero-order valence-corrected chi connectivity index (χ0v) is 12.4. The summed E-state index contributed by atoms with van der Waals surface area (Å²) in [4.78, 5) is 13.7. The van der Waals surface area contributed by atoms with Crippen LogP contribution in [0.25, 0.3) is 0 Å². The number of ether oxygens (including phenoxy) is 2. The highest BCUT2D eigenvalue weighted by atomic mass is 19.1. The van der Waals surface area contributed by atoms with Crippen LogP contribution in [-0.2, 0) is 4.74 Å². The molecule has 116 valence electrons. The first kappa shape index (κ1) is 15.6. The second-order valence-electron chi connectivity index (χ2n) is 5.57. The number of carbonyl (C=O) groups excluding carboxylic acids is 1. The van der Waals surface area contributed by atoms with Gasteiger partial charge >= 0.3 is 6.03 Å². The maximum Gasteiger partial charge on any atom is 0.317 e. The Morgan fingerprint density at radius 3 is 3.05 bits per heavy atom. The Kier molecular flexibility index (Phi) is 5.01. The van der Waals surface area contributed by atoms with Crippen molar-refractivity contribution in [3.05, 3.63) is 30.1 Å². The van der Waals surface area contributed by atoms with E-state index in [0.717, 1.165) is 0 Å². The third kappa shape index (κ3) is 4.90. The largest absolute Gasteiger partial charge is 0.492 e. The Morgan fingerprint density at radius 1 is 1.52 bits per heavy atom. The summed E-state index contributed by atoms with van der Waals surface area (Å²) in [5.41, 5.74) is -0.312. The molecule has 0 aliphatic carbocycles. The number of hydrogen-bond acceptors (Lipinski definition) is 3. The lowest BCUT2D eigenvalue weighted by Crippen LogP contribution is -2.53. The van der Waals surface area contributed by atoms with Crippen LogP contribution in [0.15, 0.2) is 24.3 Å². The minimum Gasteiger partial charge on any atom is -0.492 e. The Bertz CT molecular complexity index is 494. The summed E-state index contributed by atoms with van der Waals surface area (Å²) in [6, 6.07) is 5.80. The number of rotatable bonds is 4. The van der Waals surface area contributed by atoms with Gasteiger partial charge in [-0.25, -0.2) is 9.18 Å². The molecule has 2 rings (SSSR count). The summed E-state index contributed by atoms with van der Waals surface area (Å²) in [6.07, 6.45) is 0. The average Bonchev–Trinajstić information content (AvgIpc) is 2.42. The maximum atomic E-state index is 13.0. The molecular formula is C15H21FN2O3. The van der Waals surface area contributed by atoms with Gasteiger partial charge in [0.2, 0.25) is 0 Å². The van der Waals surface area contributed by atoms with Gasteiger partial charge in [0.15, 0.2) is 0 Å². The molecule has 0 bridgehead atoms. The molecule has 0 atom stereocenters. The van der Waals surface area contributed by atoms with Gasteiger partial charge in [0, 0.05) is 12.6 Å². The van der Waals surface area contributed by atoms with Crippen molar-refractivity contribution < 1.29 is 18.7 Å². The predicted octanol–water partition coefficient (Wildman–Crippen LogP) is 2.02. The van der Waals surface area contributed by atoms with Gasteiger partial charge in [-0.2, -0.15) is 0 Å². The van der Waals surface area contributed by atoms with Crippen molar-refractivity contribution in [2.24, 2.45) is 0 Å². The van der Waals surface area contributed by atoms with Crippen molar-refractivity contribution >= 4 is 6.03 Å². The van der Waals surface area contributed by atoms with E-state index in [1.54, 1.807) is 17.0 Å². The minimum absolute atomic E-state index is 0.130. The highest BCUT2D eigenvalue weighted by molar-refractivity contribution is 5.74. The fourth-order valence-electron chi connectivity index (χ4n) is 2.19. The highest BCUT2D eigenvalue weighted by Gasteiger charge is 2.29. The fourth-order valence-corrected chi connectivity index (χ4v) is 2.19. The Balaban J connectivity index is 1.70. The molecule has 1 aromatic carbocycles. The molecular weight excluding hydrogens is 275 g/mol. The van der Waals surface area contributed by atoms with E-state index in [0.29, 0.717) is 38.6 Å². The molecule has 0 spiro atoms. The Morgan fingerprint density at radius 2 is 2.33 bits per heavy atom. The number of urea groups is 1. The molecule has 21 heavy (non-hydrogen) atoms. The first-order valence-electron chi connectivity index (χ1n) is 7.01. The molecule has 2 amide bonds. The van der Waals surface area contributed by atoms with E-state index in [-0.39, 0.29) is 17.4 Å². The van der Waals surface area contributed by atoms with Crippen LogP contribution >= 0.6 is 0 Å². The van der Waals surface area contributed by atoms with Crippen LogP contribution in [0.2, 0.25) is 0 Å². The van der Waals surface area contributed by atoms with E-state index >= 15 is 0 Å². The smallest absolute Gasteiger partial charge is 0.317 e. The molecule has 1 fully saturated rings. The summed E-state index contributed by atoms with van der Waals surface area (Å²) in [5.74, 6) is 0.115. The van der Waals surface area contributed by atoms with E-state index in [9.17, 15) is 9.18 Å². The van der Waals surface area contributed by atoms with Gasteiger partial charge in [-0.1, -0.05) is 6.07 Å². The zero-order valence-electron chi connectivity index (χ0n) is 12.4. The molecule has 0 saturated carbocycles. The van der Waals surface area contributed by atoms with Crippen molar-refractivity contribution in [2.75, 3.05) is 32.8 Å². The topological polar surface area (TPSA) is 50.8 Å². The SMILES string of the molecule is CC1(C)CN(C(=O)NCCOc2cccc(F)c2)CCO1. The number of hydrogen-bond donors (Lipinski definition) is 1. The summed E-state index contributed by atoms with van der Waals surface area (Å²) in [6.45, 7) is 6.26. The summed E-state index contributed by atoms with van der Waals surface area (Å²) < 4.78 is 23.9. The van der Waals surface area contributed by atoms with Crippen LogP contribution in [0.3, 0.4) is 0 Å². The van der Waals surface area contributed by atoms with Gasteiger partial charge in [-0.15, -0.1) is 0 Å². The van der Waals surface area contributed by atoms with E-state index in [1.807, 2.05) is 13.8 Å². The third-order valence-electron chi connectivity index (χ3n) is 3.16. The highest BCUT2D eigenvalue weighted by Crippen LogP contribution is 2.16. The van der Waals surface area contributed by atoms with E-state index in [4.69, 9.17) is 9.47 Å². The molecule has 5 nitrogen and oxygen atoms in total. The quantitative estimate of drug-likeness (QED) is 0.865. The lowest BCUT2D eigenvalue weighted by atomic mass is 10.1. The van der Waals surface area contributed by atoms with E-state index in [1.165, 1.54) is 12.1 Å². The normalized spacial score (nSPS) is 17.4. The van der Waals surface area contributed by atoms with Crippen LogP contribution in [-0.4, -0.2) is 49.4 Å². The van der Waals surface area contributed by atoms with Crippen LogP contribution < -0.4 is 10.1 Å². The number of morpholine rings is 1. The van der Waals surface area contributed by atoms with Crippen LogP contribution in [0.4, 0.5) is 9.18 Å². The predicted molar refractivity (Wildman–Crippen MR) is 76.9 cm³/mol. The fraction of sp³-hybridized carbons (Fsp3) is 0.533. The third-order valence-corrected chi connectivity index (χ3v) is 3.16. The van der Waals surface area contributed by atoms with Crippen molar-refractivity contribution in [2.45, 2.75) is 19.4 Å². The second kappa shape index (κ2) is 6.76. The molecule has 0 radical (unpaired) electrons.